The molecular weight excluding hydrogens is 358 g/mol. The van der Waals surface area contributed by atoms with Gasteiger partial charge in [-0.1, -0.05) is 25.1 Å². The molecule has 2 aromatic heterocycles. The third kappa shape index (κ3) is 3.19. The van der Waals surface area contributed by atoms with E-state index in [1.165, 1.54) is 12.5 Å². The van der Waals surface area contributed by atoms with Crippen LogP contribution in [0.2, 0.25) is 0 Å². The lowest BCUT2D eigenvalue weighted by molar-refractivity contribution is -0.137. The first kappa shape index (κ1) is 18.0. The molecule has 144 valence electrons. The molecule has 0 fully saturated rings. The highest BCUT2D eigenvalue weighted by Gasteiger charge is 2.26. The maximum Gasteiger partial charge on any atom is 0.323 e. The van der Waals surface area contributed by atoms with Crippen LogP contribution in [0.4, 0.5) is 5.69 Å². The molecule has 7 nitrogen and oxygen atoms in total. The molecule has 0 bridgehead atoms. The Kier molecular flexibility index (Phi) is 4.50. The van der Waals surface area contributed by atoms with E-state index in [9.17, 15) is 9.59 Å². The molecule has 2 heterocycles. The molecule has 7 heteroatoms. The second-order valence-electron chi connectivity index (χ2n) is 7.18. The van der Waals surface area contributed by atoms with Crippen molar-refractivity contribution in [2.45, 2.75) is 32.9 Å². The van der Waals surface area contributed by atoms with Gasteiger partial charge in [-0.15, -0.1) is 0 Å². The zero-order chi connectivity index (χ0) is 19.8. The first-order valence-electron chi connectivity index (χ1n) is 9.18. The Bertz CT molecular complexity index is 1140. The molecule has 0 spiro atoms. The number of aromatic nitrogens is 2. The minimum Gasteiger partial charge on any atom is -0.480 e. The molecule has 1 aromatic carbocycles. The number of hydrogen-bond donors (Lipinski definition) is 2. The lowest BCUT2D eigenvalue weighted by Gasteiger charge is -2.26. The molecule has 0 radical (unpaired) electrons. The van der Waals surface area contributed by atoms with E-state index in [2.05, 4.69) is 23.3 Å². The lowest BCUT2D eigenvalue weighted by Crippen LogP contribution is -2.31. The molecule has 1 aliphatic rings. The van der Waals surface area contributed by atoms with Gasteiger partial charge in [0.15, 0.2) is 0 Å². The third-order valence-corrected chi connectivity index (χ3v) is 5.16. The largest absolute Gasteiger partial charge is 0.480 e. The summed E-state index contributed by atoms with van der Waals surface area (Å²) in [5.74, 6) is 0.139. The Morgan fingerprint density at radius 2 is 2.21 bits per heavy atom. The van der Waals surface area contributed by atoms with Crippen molar-refractivity contribution in [3.8, 4) is 0 Å². The summed E-state index contributed by atoms with van der Waals surface area (Å²) < 4.78 is 7.08. The van der Waals surface area contributed by atoms with Crippen LogP contribution < -0.4 is 10.9 Å². The Balaban J connectivity index is 1.66. The van der Waals surface area contributed by atoms with E-state index < -0.39 is 18.1 Å². The number of carboxylic acid groups (broad SMARTS) is 1. The molecule has 2 N–H and O–H groups in total. The Morgan fingerprint density at radius 3 is 3.00 bits per heavy atom. The monoisotopic (exact) mass is 379 g/mol. The van der Waals surface area contributed by atoms with E-state index in [1.54, 1.807) is 0 Å². The van der Waals surface area contributed by atoms with E-state index in [0.717, 1.165) is 38.9 Å². The number of fused-ring (bicyclic) bond motifs is 3. The molecule has 0 amide bonds. The Labute approximate surface area is 161 Å². The quantitative estimate of drug-likeness (QED) is 0.707. The summed E-state index contributed by atoms with van der Waals surface area (Å²) in [5.41, 5.74) is 3.01. The Hall–Kier alpha value is -3.35. The smallest absolute Gasteiger partial charge is 0.323 e. The van der Waals surface area contributed by atoms with Gasteiger partial charge < -0.3 is 14.8 Å². The standard InChI is InChI=1S/C21H21N3O4/c1-12-7-19-16(14-5-3-4-6-18(14)28-19)8-15(12)13(2)23-17-9-22-11-24(21(17)27)10-20(25)26/h3-6,8-9,11-13,23H,7,10H2,1-2H3,(H,25,26)/t12?,13-/m0/s1. The predicted molar refractivity (Wildman–Crippen MR) is 106 cm³/mol. The number of rotatable bonds is 5. The number of carboxylic acids is 1. The van der Waals surface area contributed by atoms with Crippen LogP contribution in [-0.2, 0) is 17.8 Å². The van der Waals surface area contributed by atoms with Gasteiger partial charge in [0.2, 0.25) is 0 Å². The molecule has 1 unspecified atom stereocenters. The third-order valence-electron chi connectivity index (χ3n) is 5.16. The summed E-state index contributed by atoms with van der Waals surface area (Å²) in [5, 5.41) is 13.2. The first-order chi connectivity index (χ1) is 13.4. The average molecular weight is 379 g/mol. The Morgan fingerprint density at radius 1 is 1.43 bits per heavy atom. The minimum atomic E-state index is -1.09. The fourth-order valence-electron chi connectivity index (χ4n) is 3.81. The van der Waals surface area contributed by atoms with E-state index >= 15 is 0 Å². The van der Waals surface area contributed by atoms with E-state index in [-0.39, 0.29) is 17.6 Å². The molecule has 4 rings (SSSR count). The summed E-state index contributed by atoms with van der Waals surface area (Å²) >= 11 is 0. The van der Waals surface area contributed by atoms with Gasteiger partial charge in [0.05, 0.1) is 12.5 Å². The normalized spacial score (nSPS) is 17.1. The van der Waals surface area contributed by atoms with Gasteiger partial charge >= 0.3 is 5.97 Å². The first-order valence-corrected chi connectivity index (χ1v) is 9.18. The van der Waals surface area contributed by atoms with Crippen molar-refractivity contribution in [1.82, 2.24) is 9.55 Å². The number of para-hydroxylation sites is 1. The number of nitrogens with zero attached hydrogens (tertiary/aromatic N) is 2. The van der Waals surface area contributed by atoms with Crippen LogP contribution in [0.1, 0.15) is 25.2 Å². The van der Waals surface area contributed by atoms with Crippen LogP contribution in [0.5, 0.6) is 0 Å². The summed E-state index contributed by atoms with van der Waals surface area (Å²) in [6.45, 7) is 3.70. The molecular formula is C21H21N3O4. The number of carbonyl (C=O) groups is 1. The van der Waals surface area contributed by atoms with Crippen LogP contribution in [0.15, 0.2) is 51.6 Å². The van der Waals surface area contributed by atoms with Crippen LogP contribution >= 0.6 is 0 Å². The summed E-state index contributed by atoms with van der Waals surface area (Å²) in [6.07, 6.45) is 5.60. The van der Waals surface area contributed by atoms with Crippen LogP contribution in [0.3, 0.4) is 0 Å². The zero-order valence-corrected chi connectivity index (χ0v) is 15.7. The summed E-state index contributed by atoms with van der Waals surface area (Å²) in [7, 11) is 0. The second-order valence-corrected chi connectivity index (χ2v) is 7.18. The molecule has 0 saturated heterocycles. The van der Waals surface area contributed by atoms with Gasteiger partial charge in [-0.2, -0.15) is 0 Å². The molecule has 0 aliphatic heterocycles. The van der Waals surface area contributed by atoms with E-state index in [1.807, 2.05) is 31.2 Å². The van der Waals surface area contributed by atoms with Crippen molar-refractivity contribution >= 4 is 28.7 Å². The van der Waals surface area contributed by atoms with Crippen molar-refractivity contribution in [3.63, 3.8) is 0 Å². The van der Waals surface area contributed by atoms with Gasteiger partial charge in [-0.25, -0.2) is 4.98 Å². The SMILES string of the molecule is CC1Cc2oc3ccccc3c2C=C1[C@H](C)Nc1cncn(CC(=O)O)c1=O. The molecule has 28 heavy (non-hydrogen) atoms. The lowest BCUT2D eigenvalue weighted by atomic mass is 9.84. The second kappa shape index (κ2) is 6.99. The van der Waals surface area contributed by atoms with Gasteiger partial charge in [0, 0.05) is 23.4 Å². The van der Waals surface area contributed by atoms with Crippen molar-refractivity contribution in [2.75, 3.05) is 5.32 Å². The van der Waals surface area contributed by atoms with E-state index in [4.69, 9.17) is 9.52 Å². The van der Waals surface area contributed by atoms with E-state index in [0.29, 0.717) is 0 Å². The maximum atomic E-state index is 12.5. The summed E-state index contributed by atoms with van der Waals surface area (Å²) in [6, 6.07) is 7.85. The fourth-order valence-corrected chi connectivity index (χ4v) is 3.81. The highest BCUT2D eigenvalue weighted by Crippen LogP contribution is 2.37. The van der Waals surface area contributed by atoms with Gasteiger partial charge in [0.1, 0.15) is 23.6 Å². The number of nitrogens with one attached hydrogen (secondary N) is 1. The predicted octanol–water partition coefficient (Wildman–Crippen LogP) is 3.15. The fraction of sp³-hybridized carbons (Fsp3) is 0.286. The average Bonchev–Trinajstić information content (AvgIpc) is 3.01. The van der Waals surface area contributed by atoms with Crippen molar-refractivity contribution < 1.29 is 14.3 Å². The topological polar surface area (TPSA) is 97.4 Å². The van der Waals surface area contributed by atoms with Gasteiger partial charge in [0.25, 0.3) is 5.56 Å². The van der Waals surface area contributed by atoms with Gasteiger partial charge in [-0.3, -0.25) is 14.2 Å². The van der Waals surface area contributed by atoms with Crippen molar-refractivity contribution in [3.05, 3.63) is 64.0 Å². The van der Waals surface area contributed by atoms with Crippen LogP contribution in [-0.4, -0.2) is 26.7 Å². The van der Waals surface area contributed by atoms with Crippen molar-refractivity contribution in [1.29, 1.82) is 0 Å². The molecule has 2 atom stereocenters. The highest BCUT2D eigenvalue weighted by molar-refractivity contribution is 5.89. The number of aliphatic carboxylic acids is 1. The molecule has 1 aliphatic carbocycles. The number of anilines is 1. The number of furan rings is 1. The van der Waals surface area contributed by atoms with Crippen molar-refractivity contribution in [2.24, 2.45) is 5.92 Å². The molecule has 3 aromatic rings. The number of benzene rings is 1. The van der Waals surface area contributed by atoms with Crippen LogP contribution in [0.25, 0.3) is 17.0 Å². The van der Waals surface area contributed by atoms with Crippen LogP contribution in [0, 0.1) is 5.92 Å². The highest BCUT2D eigenvalue weighted by atomic mass is 16.4. The zero-order valence-electron chi connectivity index (χ0n) is 15.7. The molecule has 0 saturated carbocycles. The number of hydrogen-bond acceptors (Lipinski definition) is 5. The van der Waals surface area contributed by atoms with Gasteiger partial charge in [-0.05, 0) is 30.6 Å². The maximum absolute atomic E-state index is 12.5. The summed E-state index contributed by atoms with van der Waals surface area (Å²) in [4.78, 5) is 27.4. The minimum absolute atomic E-state index is 0.119.